The molecule has 144 valence electrons. The zero-order chi connectivity index (χ0) is 20.1. The number of thiophene rings is 1. The van der Waals surface area contributed by atoms with Crippen LogP contribution in [-0.4, -0.2) is 20.7 Å². The summed E-state index contributed by atoms with van der Waals surface area (Å²) in [6.07, 6.45) is 1.64. The minimum atomic E-state index is -0.320. The van der Waals surface area contributed by atoms with Gasteiger partial charge in [0, 0.05) is 12.3 Å². The van der Waals surface area contributed by atoms with Crippen molar-refractivity contribution in [3.8, 4) is 10.6 Å². The highest BCUT2D eigenvalue weighted by molar-refractivity contribution is 7.13. The van der Waals surface area contributed by atoms with Crippen LogP contribution in [0.25, 0.3) is 10.6 Å². The van der Waals surface area contributed by atoms with Gasteiger partial charge >= 0.3 is 0 Å². The van der Waals surface area contributed by atoms with Gasteiger partial charge in [-0.05, 0) is 35.2 Å². The molecule has 0 unspecified atom stereocenters. The molecule has 6 nitrogen and oxygen atoms in total. The van der Waals surface area contributed by atoms with Crippen LogP contribution < -0.4 is 10.5 Å². The van der Waals surface area contributed by atoms with Crippen molar-refractivity contribution in [1.82, 2.24) is 14.8 Å². The maximum atomic E-state index is 13.2. The summed E-state index contributed by atoms with van der Waals surface area (Å²) in [5.41, 5.74) is 1.32. The van der Waals surface area contributed by atoms with Crippen LogP contribution in [0.5, 0.6) is 0 Å². The summed E-state index contributed by atoms with van der Waals surface area (Å²) < 4.78 is 1.21. The largest absolute Gasteiger partial charge is 0.291 e. The Labute approximate surface area is 171 Å². The quantitative estimate of drug-likeness (QED) is 0.494. The van der Waals surface area contributed by atoms with Gasteiger partial charge in [0.25, 0.3) is 5.56 Å². The Hall–Kier alpha value is -3.58. The van der Waals surface area contributed by atoms with Crippen molar-refractivity contribution in [2.24, 2.45) is 0 Å². The second kappa shape index (κ2) is 8.62. The summed E-state index contributed by atoms with van der Waals surface area (Å²) >= 11 is 1.53. The van der Waals surface area contributed by atoms with Gasteiger partial charge in [0.1, 0.15) is 18.1 Å². The predicted molar refractivity (Wildman–Crippen MR) is 114 cm³/mol. The van der Waals surface area contributed by atoms with Crippen molar-refractivity contribution < 1.29 is 4.79 Å². The van der Waals surface area contributed by atoms with E-state index in [-0.39, 0.29) is 18.0 Å². The van der Waals surface area contributed by atoms with Crippen molar-refractivity contribution >= 4 is 23.1 Å². The van der Waals surface area contributed by atoms with Crippen LogP contribution in [-0.2, 0) is 17.9 Å². The van der Waals surface area contributed by atoms with Gasteiger partial charge in [-0.2, -0.15) is 5.10 Å². The average molecular weight is 402 g/mol. The van der Waals surface area contributed by atoms with Gasteiger partial charge < -0.3 is 0 Å². The lowest BCUT2D eigenvalue weighted by Gasteiger charge is -2.22. The fraction of sp³-hybridized carbons (Fsp3) is 0.0909. The lowest BCUT2D eigenvalue weighted by atomic mass is 10.2. The molecule has 29 heavy (non-hydrogen) atoms. The van der Waals surface area contributed by atoms with Gasteiger partial charge in [0.05, 0.1) is 11.4 Å². The third-order valence-electron chi connectivity index (χ3n) is 4.34. The number of carbonyl (C=O) groups excluding carboxylic acids is 1. The van der Waals surface area contributed by atoms with E-state index in [2.05, 4.69) is 10.1 Å². The maximum Gasteiger partial charge on any atom is 0.267 e. The Bertz CT molecular complexity index is 1140. The molecule has 1 aromatic carbocycles. The number of benzene rings is 1. The second-order valence-electron chi connectivity index (χ2n) is 6.35. The van der Waals surface area contributed by atoms with E-state index in [1.807, 2.05) is 53.9 Å². The van der Waals surface area contributed by atoms with Crippen LogP contribution >= 0.6 is 11.3 Å². The number of amides is 1. The molecule has 0 bridgehead atoms. The Morgan fingerprint density at radius 1 is 0.966 bits per heavy atom. The summed E-state index contributed by atoms with van der Waals surface area (Å²) in [6.45, 7) is 0.192. The van der Waals surface area contributed by atoms with Crippen LogP contribution in [0.15, 0.2) is 89.2 Å². The van der Waals surface area contributed by atoms with Crippen LogP contribution in [0.4, 0.5) is 5.82 Å². The molecule has 1 amide bonds. The standard InChI is InChI=1S/C22H18N4O2S/c27-21-12-11-18(19-9-6-14-29-19)24-26(21)16-22(28)25(20-10-4-5-13-23-20)15-17-7-2-1-3-8-17/h1-14H,15-16H2. The van der Waals surface area contributed by atoms with Crippen LogP contribution in [0.2, 0.25) is 0 Å². The van der Waals surface area contributed by atoms with Gasteiger partial charge in [-0.3, -0.25) is 14.5 Å². The van der Waals surface area contributed by atoms with Gasteiger partial charge in [0.15, 0.2) is 0 Å². The third kappa shape index (κ3) is 4.47. The van der Waals surface area contributed by atoms with Gasteiger partial charge in [-0.15, -0.1) is 11.3 Å². The summed E-state index contributed by atoms with van der Waals surface area (Å²) in [7, 11) is 0. The SMILES string of the molecule is O=C(Cn1nc(-c2cccs2)ccc1=O)N(Cc1ccccc1)c1ccccn1. The Morgan fingerprint density at radius 2 is 1.79 bits per heavy atom. The molecule has 0 radical (unpaired) electrons. The molecule has 3 heterocycles. The fourth-order valence-corrected chi connectivity index (χ4v) is 3.60. The first kappa shape index (κ1) is 18.8. The smallest absolute Gasteiger partial charge is 0.267 e. The number of nitrogens with zero attached hydrogens (tertiary/aromatic N) is 4. The molecule has 0 spiro atoms. The third-order valence-corrected chi connectivity index (χ3v) is 5.23. The highest BCUT2D eigenvalue weighted by atomic mass is 32.1. The van der Waals surface area contributed by atoms with Crippen molar-refractivity contribution in [2.75, 3.05) is 4.90 Å². The minimum Gasteiger partial charge on any atom is -0.291 e. The number of rotatable bonds is 6. The van der Waals surface area contributed by atoms with Crippen molar-refractivity contribution in [1.29, 1.82) is 0 Å². The summed E-state index contributed by atoms with van der Waals surface area (Å²) in [5, 5.41) is 6.33. The lowest BCUT2D eigenvalue weighted by molar-refractivity contribution is -0.119. The number of anilines is 1. The molecular weight excluding hydrogens is 384 g/mol. The molecule has 0 N–H and O–H groups in total. The maximum absolute atomic E-state index is 13.2. The first-order valence-electron chi connectivity index (χ1n) is 9.08. The Balaban J connectivity index is 1.63. The molecule has 4 rings (SSSR count). The molecule has 7 heteroatoms. The molecule has 4 aromatic rings. The molecular formula is C22H18N4O2S. The van der Waals surface area contributed by atoms with Crippen LogP contribution in [0, 0.1) is 0 Å². The molecule has 0 saturated heterocycles. The number of aromatic nitrogens is 3. The summed E-state index contributed by atoms with van der Waals surface area (Å²) in [4.78, 5) is 32.3. The van der Waals surface area contributed by atoms with Gasteiger partial charge in [-0.1, -0.05) is 42.5 Å². The first-order chi connectivity index (χ1) is 14.2. The highest BCUT2D eigenvalue weighted by Crippen LogP contribution is 2.21. The zero-order valence-corrected chi connectivity index (χ0v) is 16.3. The zero-order valence-electron chi connectivity index (χ0n) is 15.5. The number of hydrogen-bond donors (Lipinski definition) is 0. The van der Waals surface area contributed by atoms with E-state index >= 15 is 0 Å². The molecule has 0 fully saturated rings. The van der Waals surface area contributed by atoms with E-state index in [9.17, 15) is 9.59 Å². The molecule has 0 aliphatic carbocycles. The lowest BCUT2D eigenvalue weighted by Crippen LogP contribution is -2.37. The number of hydrogen-bond acceptors (Lipinski definition) is 5. The highest BCUT2D eigenvalue weighted by Gasteiger charge is 2.19. The molecule has 0 atom stereocenters. The normalized spacial score (nSPS) is 10.6. The molecule has 0 aliphatic rings. The van der Waals surface area contributed by atoms with E-state index < -0.39 is 0 Å². The van der Waals surface area contributed by atoms with E-state index in [0.29, 0.717) is 18.1 Å². The fourth-order valence-electron chi connectivity index (χ4n) is 2.91. The van der Waals surface area contributed by atoms with Gasteiger partial charge in [-0.25, -0.2) is 9.67 Å². The van der Waals surface area contributed by atoms with Crippen LogP contribution in [0.1, 0.15) is 5.56 Å². The first-order valence-corrected chi connectivity index (χ1v) is 9.96. The number of pyridine rings is 1. The average Bonchev–Trinajstić information content (AvgIpc) is 3.30. The minimum absolute atomic E-state index is 0.165. The van der Waals surface area contributed by atoms with Crippen molar-refractivity contribution in [3.05, 3.63) is 100 Å². The van der Waals surface area contributed by atoms with E-state index in [0.717, 1.165) is 10.4 Å². The van der Waals surface area contributed by atoms with Crippen molar-refractivity contribution in [2.45, 2.75) is 13.1 Å². The molecule has 3 aromatic heterocycles. The van der Waals surface area contributed by atoms with Gasteiger partial charge in [0.2, 0.25) is 5.91 Å². The molecule has 0 saturated carbocycles. The summed E-state index contributed by atoms with van der Waals surface area (Å²) in [6, 6.07) is 22.0. The van der Waals surface area contributed by atoms with Crippen LogP contribution in [0.3, 0.4) is 0 Å². The van der Waals surface area contributed by atoms with E-state index in [1.165, 1.54) is 22.1 Å². The summed E-state index contributed by atoms with van der Waals surface area (Å²) in [5.74, 6) is 0.272. The second-order valence-corrected chi connectivity index (χ2v) is 7.29. The monoisotopic (exact) mass is 402 g/mol. The van der Waals surface area contributed by atoms with E-state index in [1.54, 1.807) is 29.3 Å². The van der Waals surface area contributed by atoms with Crippen molar-refractivity contribution in [3.63, 3.8) is 0 Å². The topological polar surface area (TPSA) is 68.1 Å². The number of carbonyl (C=O) groups is 1. The predicted octanol–water partition coefficient (Wildman–Crippen LogP) is 3.60. The Morgan fingerprint density at radius 3 is 2.52 bits per heavy atom. The van der Waals surface area contributed by atoms with E-state index in [4.69, 9.17) is 0 Å². The Kier molecular flexibility index (Phi) is 5.58. The molecule has 0 aliphatic heterocycles.